The summed E-state index contributed by atoms with van der Waals surface area (Å²) in [5.41, 5.74) is 5.28. The van der Waals surface area contributed by atoms with Gasteiger partial charge in [-0.25, -0.2) is 13.8 Å². The maximum Gasteiger partial charge on any atom is 0.284 e. The molecule has 3 rings (SSSR count). The predicted molar refractivity (Wildman–Crippen MR) is 85.0 cm³/mol. The Morgan fingerprint density at radius 2 is 1.96 bits per heavy atom. The maximum atomic E-state index is 13.4. The molecule has 0 aliphatic rings. The number of amides is 1. The summed E-state index contributed by atoms with van der Waals surface area (Å²) in [5, 5.41) is -0.117. The lowest BCUT2D eigenvalue weighted by Gasteiger charge is -2.12. The van der Waals surface area contributed by atoms with Crippen LogP contribution in [0, 0.1) is 11.6 Å². The average molecular weight is 350 g/mol. The van der Waals surface area contributed by atoms with Crippen molar-refractivity contribution in [3.8, 4) is 0 Å². The molecule has 0 atom stereocenters. The van der Waals surface area contributed by atoms with Crippen LogP contribution in [0.2, 0.25) is 5.02 Å². The number of halogens is 3. The van der Waals surface area contributed by atoms with E-state index in [1.165, 1.54) is 18.2 Å². The molecule has 0 spiro atoms. The van der Waals surface area contributed by atoms with Crippen LogP contribution < -0.4 is 11.3 Å². The monoisotopic (exact) mass is 349 g/mol. The number of benzene rings is 2. The summed E-state index contributed by atoms with van der Waals surface area (Å²) in [7, 11) is 0. The molecule has 0 aliphatic carbocycles. The molecule has 0 saturated heterocycles. The van der Waals surface area contributed by atoms with E-state index in [-0.39, 0.29) is 28.3 Å². The fraction of sp³-hybridized carbons (Fsp3) is 0.0625. The number of hydrogen-bond acceptors (Lipinski definition) is 3. The predicted octanol–water partition coefficient (Wildman–Crippen LogP) is 2.48. The highest BCUT2D eigenvalue weighted by Gasteiger charge is 2.16. The summed E-state index contributed by atoms with van der Waals surface area (Å²) in [4.78, 5) is 28.3. The van der Waals surface area contributed by atoms with Crippen molar-refractivity contribution in [3.63, 3.8) is 0 Å². The number of fused-ring (bicyclic) bond motifs is 1. The molecule has 1 heterocycles. The lowest BCUT2D eigenvalue weighted by Crippen LogP contribution is -2.31. The van der Waals surface area contributed by atoms with Gasteiger partial charge in [0.1, 0.15) is 11.6 Å². The van der Waals surface area contributed by atoms with Crippen LogP contribution in [0.4, 0.5) is 8.78 Å². The third-order valence-electron chi connectivity index (χ3n) is 3.46. The quantitative estimate of drug-likeness (QED) is 0.789. The number of carbonyl (C=O) groups is 1. The molecular formula is C16H10ClF2N3O2. The van der Waals surface area contributed by atoms with E-state index in [4.69, 9.17) is 17.3 Å². The van der Waals surface area contributed by atoms with Crippen LogP contribution in [0.1, 0.15) is 16.2 Å². The van der Waals surface area contributed by atoms with Crippen molar-refractivity contribution in [2.45, 2.75) is 6.54 Å². The van der Waals surface area contributed by atoms with E-state index in [9.17, 15) is 18.4 Å². The zero-order valence-corrected chi connectivity index (χ0v) is 12.8. The van der Waals surface area contributed by atoms with E-state index in [1.54, 1.807) is 0 Å². The van der Waals surface area contributed by atoms with E-state index in [0.717, 1.165) is 22.8 Å². The first-order valence-electron chi connectivity index (χ1n) is 6.80. The van der Waals surface area contributed by atoms with Crippen molar-refractivity contribution in [1.82, 2.24) is 9.55 Å². The Labute approximate surface area is 139 Å². The van der Waals surface area contributed by atoms with Gasteiger partial charge in [0.2, 0.25) is 5.82 Å². The smallest absolute Gasteiger partial charge is 0.284 e. The molecule has 1 aromatic heterocycles. The van der Waals surface area contributed by atoms with Crippen molar-refractivity contribution < 1.29 is 13.6 Å². The summed E-state index contributed by atoms with van der Waals surface area (Å²) >= 11 is 5.72. The molecule has 0 unspecified atom stereocenters. The average Bonchev–Trinajstić information content (AvgIpc) is 2.53. The summed E-state index contributed by atoms with van der Waals surface area (Å²) in [6.07, 6.45) is 0. The Morgan fingerprint density at radius 3 is 2.62 bits per heavy atom. The molecule has 0 fully saturated rings. The molecule has 3 aromatic rings. The van der Waals surface area contributed by atoms with E-state index >= 15 is 0 Å². The molecule has 0 aliphatic heterocycles. The molecule has 24 heavy (non-hydrogen) atoms. The number of carbonyl (C=O) groups excluding carboxylic acids is 1. The van der Waals surface area contributed by atoms with Gasteiger partial charge in [-0.1, -0.05) is 17.7 Å². The number of hydrogen-bond donors (Lipinski definition) is 1. The van der Waals surface area contributed by atoms with Crippen molar-refractivity contribution in [2.75, 3.05) is 0 Å². The Balaban J connectivity index is 2.22. The van der Waals surface area contributed by atoms with Gasteiger partial charge in [-0.05, 0) is 35.9 Å². The molecule has 0 bridgehead atoms. The minimum Gasteiger partial charge on any atom is -0.363 e. The summed E-state index contributed by atoms with van der Waals surface area (Å²) in [5.74, 6) is -2.41. The third kappa shape index (κ3) is 2.85. The molecular weight excluding hydrogens is 340 g/mol. The first-order chi connectivity index (χ1) is 11.4. The van der Waals surface area contributed by atoms with Gasteiger partial charge in [-0.2, -0.15) is 0 Å². The standard InChI is InChI=1S/C16H10ClF2N3O2/c17-11-5-8(1-3-12(11)19)7-22-15(14(20)23)21-13-4-2-9(18)6-10(13)16(22)24/h1-6H,7H2,(H2,20,23). The molecule has 1 amide bonds. The fourth-order valence-electron chi connectivity index (χ4n) is 2.35. The van der Waals surface area contributed by atoms with Crippen molar-refractivity contribution in [3.05, 3.63) is 74.8 Å². The van der Waals surface area contributed by atoms with Gasteiger partial charge in [0.25, 0.3) is 11.5 Å². The second-order valence-electron chi connectivity index (χ2n) is 5.10. The number of nitrogens with two attached hydrogens (primary N) is 1. The lowest BCUT2D eigenvalue weighted by molar-refractivity contribution is 0.0985. The summed E-state index contributed by atoms with van der Waals surface area (Å²) in [6.45, 7) is -0.115. The van der Waals surface area contributed by atoms with Crippen molar-refractivity contribution >= 4 is 28.4 Å². The molecule has 5 nitrogen and oxygen atoms in total. The van der Waals surface area contributed by atoms with Gasteiger partial charge in [0, 0.05) is 0 Å². The van der Waals surface area contributed by atoms with E-state index in [2.05, 4.69) is 4.98 Å². The Bertz CT molecular complexity index is 1030. The van der Waals surface area contributed by atoms with E-state index in [1.807, 2.05) is 0 Å². The van der Waals surface area contributed by atoms with E-state index in [0.29, 0.717) is 5.56 Å². The van der Waals surface area contributed by atoms with Gasteiger partial charge < -0.3 is 5.73 Å². The molecule has 8 heteroatoms. The van der Waals surface area contributed by atoms with Crippen molar-refractivity contribution in [1.29, 1.82) is 0 Å². The van der Waals surface area contributed by atoms with Gasteiger partial charge in [-0.3, -0.25) is 14.2 Å². The molecule has 0 radical (unpaired) electrons. The minimum absolute atomic E-state index is 0.00760. The highest BCUT2D eigenvalue weighted by atomic mass is 35.5. The Morgan fingerprint density at radius 1 is 1.21 bits per heavy atom. The number of primary amides is 1. The molecule has 2 N–H and O–H groups in total. The van der Waals surface area contributed by atoms with Gasteiger partial charge in [-0.15, -0.1) is 0 Å². The van der Waals surface area contributed by atoms with Crippen LogP contribution in [-0.4, -0.2) is 15.5 Å². The maximum absolute atomic E-state index is 13.4. The first kappa shape index (κ1) is 16.1. The number of rotatable bonds is 3. The zero-order valence-electron chi connectivity index (χ0n) is 12.1. The first-order valence-corrected chi connectivity index (χ1v) is 7.18. The van der Waals surface area contributed by atoms with Crippen molar-refractivity contribution in [2.24, 2.45) is 5.73 Å². The van der Waals surface area contributed by atoms with Crippen LogP contribution in [0.3, 0.4) is 0 Å². The molecule has 122 valence electrons. The van der Waals surface area contributed by atoms with Crippen LogP contribution in [0.25, 0.3) is 10.9 Å². The van der Waals surface area contributed by atoms with Crippen LogP contribution >= 0.6 is 11.6 Å². The topological polar surface area (TPSA) is 78.0 Å². The van der Waals surface area contributed by atoms with Crippen LogP contribution in [-0.2, 0) is 6.54 Å². The van der Waals surface area contributed by atoms with Crippen LogP contribution in [0.5, 0.6) is 0 Å². The molecule has 0 saturated carbocycles. The zero-order chi connectivity index (χ0) is 17.4. The second kappa shape index (κ2) is 6.01. The fourth-order valence-corrected chi connectivity index (χ4v) is 2.55. The van der Waals surface area contributed by atoms with E-state index < -0.39 is 23.1 Å². The highest BCUT2D eigenvalue weighted by molar-refractivity contribution is 6.30. The Kier molecular flexibility index (Phi) is 4.02. The minimum atomic E-state index is -0.911. The highest BCUT2D eigenvalue weighted by Crippen LogP contribution is 2.17. The molecule has 2 aromatic carbocycles. The normalized spacial score (nSPS) is 11.0. The summed E-state index contributed by atoms with van der Waals surface area (Å²) in [6, 6.07) is 7.32. The second-order valence-corrected chi connectivity index (χ2v) is 5.51. The van der Waals surface area contributed by atoms with Gasteiger partial charge in [0.15, 0.2) is 0 Å². The third-order valence-corrected chi connectivity index (χ3v) is 3.75. The van der Waals surface area contributed by atoms with Gasteiger partial charge >= 0.3 is 0 Å². The summed E-state index contributed by atoms with van der Waals surface area (Å²) < 4.78 is 27.7. The SMILES string of the molecule is NC(=O)c1nc2ccc(F)cc2c(=O)n1Cc1ccc(F)c(Cl)c1. The number of nitrogens with zero attached hydrogens (tertiary/aromatic N) is 2. The van der Waals surface area contributed by atoms with Crippen LogP contribution in [0.15, 0.2) is 41.2 Å². The largest absolute Gasteiger partial charge is 0.363 e. The Hall–Kier alpha value is -2.80. The van der Waals surface area contributed by atoms with Gasteiger partial charge in [0.05, 0.1) is 22.5 Å². The lowest BCUT2D eigenvalue weighted by atomic mass is 10.2. The number of aromatic nitrogens is 2.